The Hall–Kier alpha value is -3.51. The zero-order valence-electron chi connectivity index (χ0n) is 44.7. The highest BCUT2D eigenvalue weighted by Gasteiger charge is 2.54. The summed E-state index contributed by atoms with van der Waals surface area (Å²) in [5.74, 6) is -5.16. The first-order valence-electron chi connectivity index (χ1n) is 25.7. The van der Waals surface area contributed by atoms with E-state index in [2.05, 4.69) is 15.2 Å². The average molecular weight is 1020 g/mol. The minimum absolute atomic E-state index is 0.0611. The zero-order valence-corrected chi connectivity index (χ0v) is 44.7. The Balaban J connectivity index is 1.43. The van der Waals surface area contributed by atoms with Gasteiger partial charge >= 0.3 is 5.97 Å². The summed E-state index contributed by atoms with van der Waals surface area (Å²) < 4.78 is 46.6. The van der Waals surface area contributed by atoms with Crippen molar-refractivity contribution < 1.29 is 73.2 Å². The number of nitrogens with zero attached hydrogens (tertiary/aromatic N) is 4. The number of nitrogens with one attached hydrogen (secondary N) is 1. The fourth-order valence-corrected chi connectivity index (χ4v) is 11.0. The summed E-state index contributed by atoms with van der Waals surface area (Å²) >= 11 is 0. The standard InChI is InChI=1S/C52H85N5O15/c1-14-39-52(10,64)45(61)31(4)42(59)29(2)25-51(9,67-13)47(32(5)44(33(6)48(63)70-39)71-41-26-50(8,66-12)46(62)34(7)69-41)72-49-43(60)38(24-30(3)68-49)56(11)27-35-19-21-36(22-20-35)37-28-57(55-53-37)23-17-15-16-18-40(58)54-65/h19-22,28-34,38-39,41,43-47,49,60-62,64-65H,14-18,23-27H2,1-13H3,(H,54,58). The number of aliphatic hydroxyl groups is 4. The van der Waals surface area contributed by atoms with Gasteiger partial charge in [0.1, 0.15) is 35.4 Å². The van der Waals surface area contributed by atoms with Gasteiger partial charge in [-0.15, -0.1) is 5.10 Å². The van der Waals surface area contributed by atoms with E-state index in [0.717, 1.165) is 29.7 Å². The smallest absolute Gasteiger partial charge is 0.311 e. The summed E-state index contributed by atoms with van der Waals surface area (Å²) in [5.41, 5.74) is -0.176. The van der Waals surface area contributed by atoms with Gasteiger partial charge in [0.15, 0.2) is 12.6 Å². The van der Waals surface area contributed by atoms with Crippen LogP contribution in [0.2, 0.25) is 0 Å². The number of hydrogen-bond donors (Lipinski definition) is 6. The van der Waals surface area contributed by atoms with Crippen molar-refractivity contribution in [2.24, 2.45) is 23.7 Å². The molecule has 2 aromatic rings. The number of carbonyl (C=O) groups excluding carboxylic acids is 3. The maximum atomic E-state index is 14.5. The topological polar surface area (TPSA) is 263 Å². The van der Waals surface area contributed by atoms with E-state index in [9.17, 15) is 34.8 Å². The molecule has 3 saturated heterocycles. The third kappa shape index (κ3) is 13.9. The van der Waals surface area contributed by atoms with E-state index in [-0.39, 0.29) is 37.6 Å². The molecule has 6 N–H and O–H groups in total. The Morgan fingerprint density at radius 2 is 1.57 bits per heavy atom. The van der Waals surface area contributed by atoms with Gasteiger partial charge in [-0.05, 0) is 86.3 Å². The fourth-order valence-electron chi connectivity index (χ4n) is 11.0. The molecule has 18 unspecified atom stereocenters. The second-order valence-corrected chi connectivity index (χ2v) is 21.5. The minimum atomic E-state index is -2.01. The first kappa shape index (κ1) is 59.4. The number of ether oxygens (including phenoxy) is 7. The van der Waals surface area contributed by atoms with Gasteiger partial charge in [-0.3, -0.25) is 29.2 Å². The van der Waals surface area contributed by atoms with E-state index in [4.69, 9.17) is 38.4 Å². The van der Waals surface area contributed by atoms with Gasteiger partial charge in [0.05, 0.1) is 53.8 Å². The number of aryl methyl sites for hydroxylation is 1. The first-order valence-corrected chi connectivity index (χ1v) is 25.7. The predicted octanol–water partition coefficient (Wildman–Crippen LogP) is 4.33. The molecule has 1 aromatic heterocycles. The second kappa shape index (κ2) is 25.3. The normalized spacial score (nSPS) is 38.6. The van der Waals surface area contributed by atoms with Gasteiger partial charge in [0.25, 0.3) is 0 Å². The monoisotopic (exact) mass is 1020 g/mol. The van der Waals surface area contributed by atoms with Crippen LogP contribution in [0.4, 0.5) is 0 Å². The van der Waals surface area contributed by atoms with E-state index < -0.39 is 114 Å². The number of cyclic esters (lactones) is 1. The number of aliphatic hydroxyl groups excluding tert-OH is 3. The molecule has 4 heterocycles. The van der Waals surface area contributed by atoms with Crippen molar-refractivity contribution in [3.8, 4) is 11.3 Å². The van der Waals surface area contributed by atoms with Crippen molar-refractivity contribution in [3.05, 3.63) is 36.0 Å². The molecule has 72 heavy (non-hydrogen) atoms. The summed E-state index contributed by atoms with van der Waals surface area (Å²) in [4.78, 5) is 42.1. The third-order valence-corrected chi connectivity index (χ3v) is 15.8. The lowest BCUT2D eigenvalue weighted by Crippen LogP contribution is -2.61. The van der Waals surface area contributed by atoms with Gasteiger partial charge in [0.2, 0.25) is 5.91 Å². The number of unbranched alkanes of at least 4 members (excludes halogenated alkanes) is 2. The number of Topliss-reactive ketones (excluding diaryl/α,β-unsaturated/α-hetero) is 1. The number of benzene rings is 1. The maximum absolute atomic E-state index is 14.5. The highest BCUT2D eigenvalue weighted by atomic mass is 16.7. The summed E-state index contributed by atoms with van der Waals surface area (Å²) in [6.45, 7) is 18.1. The molecule has 0 saturated carbocycles. The van der Waals surface area contributed by atoms with Gasteiger partial charge < -0.3 is 53.6 Å². The van der Waals surface area contributed by atoms with E-state index in [1.54, 1.807) is 58.6 Å². The van der Waals surface area contributed by atoms with Crippen LogP contribution in [0.1, 0.15) is 126 Å². The molecule has 408 valence electrons. The SMILES string of the molecule is CCC1OC(=O)C(C)C(OC2CC(C)(OC)C(O)C(C)O2)C(C)C(OC2OC(C)CC(N(C)Cc3ccc(-c4cn(CCCCCC(=O)NO)nn4)cc3)C2O)C(C)(OC)CC(C)C(=O)C(C)C(O)C1(C)O. The molecule has 0 spiro atoms. The number of ketones is 1. The van der Waals surface area contributed by atoms with Crippen LogP contribution in [-0.4, -0.2) is 169 Å². The van der Waals surface area contributed by atoms with Crippen LogP contribution in [-0.2, 0) is 60.6 Å². The van der Waals surface area contributed by atoms with Crippen LogP contribution in [0.3, 0.4) is 0 Å². The van der Waals surface area contributed by atoms with Crippen LogP contribution >= 0.6 is 0 Å². The molecule has 18 atom stereocenters. The van der Waals surface area contributed by atoms with Crippen LogP contribution in [0.15, 0.2) is 30.5 Å². The number of hydroxylamine groups is 1. The van der Waals surface area contributed by atoms with Crippen LogP contribution in [0.5, 0.6) is 0 Å². The van der Waals surface area contributed by atoms with Gasteiger partial charge in [-0.25, -0.2) is 5.48 Å². The maximum Gasteiger partial charge on any atom is 0.311 e. The third-order valence-electron chi connectivity index (χ3n) is 15.8. The molecule has 3 fully saturated rings. The lowest BCUT2D eigenvalue weighted by Gasteiger charge is -2.50. The van der Waals surface area contributed by atoms with Crippen LogP contribution in [0.25, 0.3) is 11.3 Å². The predicted molar refractivity (Wildman–Crippen MR) is 263 cm³/mol. The van der Waals surface area contributed by atoms with Gasteiger partial charge in [-0.1, -0.05) is 63.6 Å². The zero-order chi connectivity index (χ0) is 53.5. The Bertz CT molecular complexity index is 2060. The number of likely N-dealkylation sites (N-methyl/N-ethyl adjacent to an activating group) is 1. The molecule has 5 rings (SSSR count). The minimum Gasteiger partial charge on any atom is -0.459 e. The average Bonchev–Trinajstić information content (AvgIpc) is 3.83. The van der Waals surface area contributed by atoms with E-state index >= 15 is 0 Å². The quantitative estimate of drug-likeness (QED) is 0.0557. The fraction of sp³-hybridized carbons (Fsp3) is 0.788. The molecule has 1 aromatic carbocycles. The summed E-state index contributed by atoms with van der Waals surface area (Å²) in [6.07, 6.45) is -5.28. The number of methoxy groups -OCH3 is 2. The molecule has 0 aliphatic carbocycles. The van der Waals surface area contributed by atoms with Crippen molar-refractivity contribution in [3.63, 3.8) is 0 Å². The van der Waals surface area contributed by atoms with Crippen molar-refractivity contribution >= 4 is 17.7 Å². The van der Waals surface area contributed by atoms with E-state index in [1.165, 1.54) is 21.1 Å². The number of amides is 1. The lowest BCUT2D eigenvalue weighted by molar-refractivity contribution is -0.319. The van der Waals surface area contributed by atoms with E-state index in [1.807, 2.05) is 51.4 Å². The molecule has 20 nitrogen and oxygen atoms in total. The number of rotatable bonds is 17. The van der Waals surface area contributed by atoms with Crippen molar-refractivity contribution in [1.82, 2.24) is 25.4 Å². The first-order chi connectivity index (χ1) is 33.8. The van der Waals surface area contributed by atoms with Crippen molar-refractivity contribution in [2.45, 2.75) is 218 Å². The van der Waals surface area contributed by atoms with Crippen LogP contribution < -0.4 is 5.48 Å². The number of hydrogen-bond acceptors (Lipinski definition) is 18. The summed E-state index contributed by atoms with van der Waals surface area (Å²) in [6, 6.07) is 7.52. The number of aromatic nitrogens is 3. The second-order valence-electron chi connectivity index (χ2n) is 21.5. The Kier molecular flexibility index (Phi) is 20.9. The largest absolute Gasteiger partial charge is 0.459 e. The summed E-state index contributed by atoms with van der Waals surface area (Å²) in [7, 11) is 4.93. The van der Waals surface area contributed by atoms with Crippen molar-refractivity contribution in [1.29, 1.82) is 0 Å². The van der Waals surface area contributed by atoms with Crippen molar-refractivity contribution in [2.75, 3.05) is 21.3 Å². The highest BCUT2D eigenvalue weighted by Crippen LogP contribution is 2.42. The Morgan fingerprint density at radius 3 is 2.19 bits per heavy atom. The molecule has 3 aliphatic rings. The number of esters is 1. The van der Waals surface area contributed by atoms with E-state index in [0.29, 0.717) is 25.9 Å². The Labute approximate surface area is 425 Å². The summed E-state index contributed by atoms with van der Waals surface area (Å²) in [5, 5.41) is 64.2. The molecular formula is C52H85N5O15. The lowest BCUT2D eigenvalue weighted by atomic mass is 9.74. The molecule has 3 aliphatic heterocycles. The Morgan fingerprint density at radius 1 is 0.903 bits per heavy atom. The van der Waals surface area contributed by atoms with Gasteiger partial charge in [0, 0.05) is 69.5 Å². The van der Waals surface area contributed by atoms with Crippen LogP contribution in [0, 0.1) is 23.7 Å². The molecule has 0 radical (unpaired) electrons. The molecule has 20 heteroatoms. The molecular weight excluding hydrogens is 935 g/mol. The molecule has 1 amide bonds. The van der Waals surface area contributed by atoms with Gasteiger partial charge in [-0.2, -0.15) is 0 Å². The molecule has 0 bridgehead atoms. The highest BCUT2D eigenvalue weighted by molar-refractivity contribution is 5.83. The number of carbonyl (C=O) groups is 3.